The Kier molecular flexibility index (Phi) is 9.34. The van der Waals surface area contributed by atoms with E-state index in [0.717, 1.165) is 11.3 Å². The highest BCUT2D eigenvalue weighted by Gasteiger charge is 2.05. The maximum Gasteiger partial charge on any atom is 0.251 e. The zero-order valence-electron chi connectivity index (χ0n) is 17.2. The van der Waals surface area contributed by atoms with Crippen molar-refractivity contribution in [1.29, 1.82) is 0 Å². The van der Waals surface area contributed by atoms with Gasteiger partial charge in [-0.3, -0.25) is 4.79 Å². The molecule has 3 rings (SSSR count). The number of para-hydroxylation sites is 1. The topological polar surface area (TPSA) is 65.5 Å². The average Bonchev–Trinajstić information content (AvgIpc) is 2.77. The van der Waals surface area contributed by atoms with E-state index in [4.69, 9.17) is 4.99 Å². The number of carbonyl (C=O) groups excluding carboxylic acids is 1. The van der Waals surface area contributed by atoms with Crippen LogP contribution in [0.25, 0.3) is 0 Å². The number of hydrogen-bond donors (Lipinski definition) is 3. The van der Waals surface area contributed by atoms with Gasteiger partial charge in [-0.1, -0.05) is 60.2 Å². The summed E-state index contributed by atoms with van der Waals surface area (Å²) in [7, 11) is 1.63. The van der Waals surface area contributed by atoms with Gasteiger partial charge in [-0.05, 0) is 42.3 Å². The van der Waals surface area contributed by atoms with Crippen molar-refractivity contribution in [2.24, 2.45) is 4.99 Å². The smallest absolute Gasteiger partial charge is 0.251 e. The molecule has 0 unspecified atom stereocenters. The number of amides is 1. The van der Waals surface area contributed by atoms with Crippen LogP contribution in [0, 0.1) is 6.92 Å². The molecule has 6 heteroatoms. The molecule has 0 aliphatic rings. The Morgan fingerprint density at radius 2 is 1.63 bits per heavy atom. The largest absolute Gasteiger partial charge is 0.355 e. The van der Waals surface area contributed by atoms with E-state index in [-0.39, 0.29) is 29.9 Å². The van der Waals surface area contributed by atoms with Gasteiger partial charge in [0.2, 0.25) is 0 Å². The highest BCUT2D eigenvalue weighted by molar-refractivity contribution is 14.0. The lowest BCUT2D eigenvalue weighted by Crippen LogP contribution is -2.30. The molecule has 0 saturated carbocycles. The first-order valence-electron chi connectivity index (χ1n) is 9.61. The summed E-state index contributed by atoms with van der Waals surface area (Å²) in [5.74, 6) is 0.582. The van der Waals surface area contributed by atoms with Crippen LogP contribution in [-0.2, 0) is 13.1 Å². The Hall–Kier alpha value is -2.87. The van der Waals surface area contributed by atoms with Crippen LogP contribution < -0.4 is 16.0 Å². The number of benzene rings is 3. The van der Waals surface area contributed by atoms with Crippen LogP contribution in [0.3, 0.4) is 0 Å². The molecule has 5 nitrogen and oxygen atoms in total. The molecule has 0 aliphatic heterocycles. The van der Waals surface area contributed by atoms with E-state index in [2.05, 4.69) is 47.1 Å². The van der Waals surface area contributed by atoms with E-state index in [0.29, 0.717) is 24.6 Å². The number of hydrogen-bond acceptors (Lipinski definition) is 2. The number of anilines is 1. The SMILES string of the molecule is CNC(=O)c1cccc(CN=C(NCc2ccc(C)cc2)Nc2ccccc2)c1.I. The van der Waals surface area contributed by atoms with Gasteiger partial charge in [-0.2, -0.15) is 0 Å². The van der Waals surface area contributed by atoms with Crippen molar-refractivity contribution in [3.63, 3.8) is 0 Å². The predicted molar refractivity (Wildman–Crippen MR) is 134 cm³/mol. The molecular formula is C24H27IN4O. The fourth-order valence-electron chi connectivity index (χ4n) is 2.82. The molecule has 3 N–H and O–H groups in total. The fourth-order valence-corrected chi connectivity index (χ4v) is 2.82. The molecule has 0 bridgehead atoms. The summed E-state index contributed by atoms with van der Waals surface area (Å²) in [6, 6.07) is 25.8. The maximum atomic E-state index is 11.9. The number of carbonyl (C=O) groups is 1. The van der Waals surface area contributed by atoms with Crippen LogP contribution in [0.1, 0.15) is 27.0 Å². The standard InChI is InChI=1S/C24H26N4O.HI/c1-18-11-13-19(14-12-18)16-26-24(28-22-9-4-3-5-10-22)27-17-20-7-6-8-21(15-20)23(29)25-2;/h3-15H,16-17H2,1-2H3,(H,25,29)(H2,26,27,28);1H. The summed E-state index contributed by atoms with van der Waals surface area (Å²) in [6.45, 7) is 3.20. The van der Waals surface area contributed by atoms with Crippen LogP contribution in [-0.4, -0.2) is 18.9 Å². The molecule has 3 aromatic carbocycles. The minimum absolute atomic E-state index is 0. The second kappa shape index (κ2) is 12.0. The number of rotatable bonds is 6. The molecule has 0 atom stereocenters. The number of aryl methyl sites for hydroxylation is 1. The summed E-state index contributed by atoms with van der Waals surface area (Å²) in [5, 5.41) is 9.37. The third-order valence-corrected chi connectivity index (χ3v) is 4.45. The molecule has 0 aliphatic carbocycles. The molecule has 156 valence electrons. The van der Waals surface area contributed by atoms with E-state index < -0.39 is 0 Å². The van der Waals surface area contributed by atoms with Crippen LogP contribution in [0.4, 0.5) is 5.69 Å². The van der Waals surface area contributed by atoms with Crippen molar-refractivity contribution in [3.05, 3.63) is 101 Å². The van der Waals surface area contributed by atoms with Crippen LogP contribution >= 0.6 is 24.0 Å². The number of nitrogens with one attached hydrogen (secondary N) is 3. The van der Waals surface area contributed by atoms with Gasteiger partial charge in [-0.25, -0.2) is 4.99 Å². The molecule has 0 aromatic heterocycles. The summed E-state index contributed by atoms with van der Waals surface area (Å²) < 4.78 is 0. The number of guanidine groups is 1. The van der Waals surface area contributed by atoms with Crippen molar-refractivity contribution in [3.8, 4) is 0 Å². The molecule has 1 amide bonds. The summed E-state index contributed by atoms with van der Waals surface area (Å²) in [6.07, 6.45) is 0. The van der Waals surface area contributed by atoms with E-state index in [1.165, 1.54) is 11.1 Å². The third kappa shape index (κ3) is 7.18. The van der Waals surface area contributed by atoms with Crippen molar-refractivity contribution in [1.82, 2.24) is 10.6 Å². The lowest BCUT2D eigenvalue weighted by molar-refractivity contribution is 0.0963. The maximum absolute atomic E-state index is 11.9. The molecule has 0 radical (unpaired) electrons. The average molecular weight is 514 g/mol. The van der Waals surface area contributed by atoms with Crippen LogP contribution in [0.15, 0.2) is 83.9 Å². The molecule has 0 fully saturated rings. The quantitative estimate of drug-likeness (QED) is 0.253. The Bertz CT molecular complexity index is 972. The lowest BCUT2D eigenvalue weighted by atomic mass is 10.1. The zero-order chi connectivity index (χ0) is 20.5. The predicted octanol–water partition coefficient (Wildman–Crippen LogP) is 4.73. The summed E-state index contributed by atoms with van der Waals surface area (Å²) in [4.78, 5) is 16.6. The molecule has 0 saturated heterocycles. The van der Waals surface area contributed by atoms with E-state index in [9.17, 15) is 4.79 Å². The lowest BCUT2D eigenvalue weighted by Gasteiger charge is -2.13. The number of aliphatic imine (C=N–C) groups is 1. The van der Waals surface area contributed by atoms with Crippen molar-refractivity contribution >= 4 is 41.5 Å². The van der Waals surface area contributed by atoms with Crippen molar-refractivity contribution in [2.45, 2.75) is 20.0 Å². The zero-order valence-corrected chi connectivity index (χ0v) is 19.5. The third-order valence-electron chi connectivity index (χ3n) is 4.45. The molecular weight excluding hydrogens is 487 g/mol. The van der Waals surface area contributed by atoms with Gasteiger partial charge >= 0.3 is 0 Å². The fraction of sp³-hybridized carbons (Fsp3) is 0.167. The van der Waals surface area contributed by atoms with Gasteiger partial charge in [0.15, 0.2) is 5.96 Å². The Labute approximate surface area is 195 Å². The molecule has 3 aromatic rings. The Balaban J connectivity index is 0.00000320. The summed E-state index contributed by atoms with van der Waals surface area (Å²) in [5.41, 5.74) is 4.98. The van der Waals surface area contributed by atoms with Crippen LogP contribution in [0.5, 0.6) is 0 Å². The summed E-state index contributed by atoms with van der Waals surface area (Å²) >= 11 is 0. The van der Waals surface area contributed by atoms with E-state index in [1.54, 1.807) is 13.1 Å². The minimum atomic E-state index is -0.101. The van der Waals surface area contributed by atoms with E-state index >= 15 is 0 Å². The van der Waals surface area contributed by atoms with Gasteiger partial charge in [0.25, 0.3) is 5.91 Å². The second-order valence-corrected chi connectivity index (χ2v) is 6.77. The Morgan fingerprint density at radius 1 is 0.900 bits per heavy atom. The van der Waals surface area contributed by atoms with Gasteiger partial charge in [0.1, 0.15) is 0 Å². The van der Waals surface area contributed by atoms with Gasteiger partial charge in [0.05, 0.1) is 6.54 Å². The number of halogens is 1. The van der Waals surface area contributed by atoms with E-state index in [1.807, 2.05) is 48.5 Å². The normalized spacial score (nSPS) is 10.7. The highest BCUT2D eigenvalue weighted by atomic mass is 127. The second-order valence-electron chi connectivity index (χ2n) is 6.77. The molecule has 0 heterocycles. The first-order chi connectivity index (χ1) is 14.1. The van der Waals surface area contributed by atoms with Crippen molar-refractivity contribution in [2.75, 3.05) is 12.4 Å². The molecule has 30 heavy (non-hydrogen) atoms. The Morgan fingerprint density at radius 3 is 2.33 bits per heavy atom. The van der Waals surface area contributed by atoms with Crippen molar-refractivity contribution < 1.29 is 4.79 Å². The number of nitrogens with zero attached hydrogens (tertiary/aromatic N) is 1. The first-order valence-corrected chi connectivity index (χ1v) is 9.61. The van der Waals surface area contributed by atoms with Gasteiger partial charge in [-0.15, -0.1) is 24.0 Å². The monoisotopic (exact) mass is 514 g/mol. The highest BCUT2D eigenvalue weighted by Crippen LogP contribution is 2.09. The minimum Gasteiger partial charge on any atom is -0.355 e. The van der Waals surface area contributed by atoms with Gasteiger partial charge < -0.3 is 16.0 Å². The van der Waals surface area contributed by atoms with Gasteiger partial charge in [0, 0.05) is 24.8 Å². The molecule has 0 spiro atoms. The first kappa shape index (κ1) is 23.4. The van der Waals surface area contributed by atoms with Crippen LogP contribution in [0.2, 0.25) is 0 Å².